The summed E-state index contributed by atoms with van der Waals surface area (Å²) in [4.78, 5) is 6.47. The highest BCUT2D eigenvalue weighted by atomic mass is 16.5. The molecule has 0 atom stereocenters. The van der Waals surface area contributed by atoms with E-state index in [1.54, 1.807) is 7.05 Å². The Morgan fingerprint density at radius 1 is 1.26 bits per heavy atom. The second kappa shape index (κ2) is 10.8. The van der Waals surface area contributed by atoms with E-state index >= 15 is 0 Å². The number of hydrogen-bond acceptors (Lipinski definition) is 4. The van der Waals surface area contributed by atoms with Crippen LogP contribution in [0.1, 0.15) is 33.1 Å². The molecule has 1 rings (SSSR count). The van der Waals surface area contributed by atoms with Gasteiger partial charge in [0.1, 0.15) is 0 Å². The van der Waals surface area contributed by atoms with E-state index in [4.69, 9.17) is 9.47 Å². The van der Waals surface area contributed by atoms with Gasteiger partial charge in [-0.3, -0.25) is 4.99 Å². The standard InChI is InChI=1S/C17H36N4O2/c1-17(2,21(4)5)14-20-16(18-3)19-9-6-10-23-13-15-7-11-22-12-8-15/h15H,6-14H2,1-5H3,(H2,18,19,20). The van der Waals surface area contributed by atoms with Crippen molar-refractivity contribution in [2.45, 2.75) is 38.6 Å². The van der Waals surface area contributed by atoms with Crippen molar-refractivity contribution < 1.29 is 9.47 Å². The summed E-state index contributed by atoms with van der Waals surface area (Å²) < 4.78 is 11.1. The third-order valence-electron chi connectivity index (χ3n) is 4.58. The van der Waals surface area contributed by atoms with Crippen LogP contribution < -0.4 is 10.6 Å². The first kappa shape index (κ1) is 20.2. The van der Waals surface area contributed by atoms with E-state index in [9.17, 15) is 0 Å². The minimum absolute atomic E-state index is 0.0877. The maximum absolute atomic E-state index is 5.77. The molecule has 0 aromatic rings. The van der Waals surface area contributed by atoms with Crippen LogP contribution in [-0.2, 0) is 9.47 Å². The van der Waals surface area contributed by atoms with E-state index in [1.807, 2.05) is 0 Å². The van der Waals surface area contributed by atoms with E-state index in [1.165, 1.54) is 0 Å². The predicted octanol–water partition coefficient (Wildman–Crippen LogP) is 1.32. The molecule has 2 N–H and O–H groups in total. The maximum atomic E-state index is 5.77. The van der Waals surface area contributed by atoms with Gasteiger partial charge in [-0.25, -0.2) is 0 Å². The predicted molar refractivity (Wildman–Crippen MR) is 96.1 cm³/mol. The Bertz CT molecular complexity index is 339. The van der Waals surface area contributed by atoms with Crippen LogP contribution in [0.15, 0.2) is 4.99 Å². The monoisotopic (exact) mass is 328 g/mol. The molecule has 0 aliphatic carbocycles. The molecule has 23 heavy (non-hydrogen) atoms. The summed E-state index contributed by atoms with van der Waals surface area (Å²) in [6.07, 6.45) is 3.26. The number of ether oxygens (including phenoxy) is 2. The average Bonchev–Trinajstić information content (AvgIpc) is 2.54. The van der Waals surface area contributed by atoms with Gasteiger partial charge in [0.15, 0.2) is 5.96 Å². The molecule has 1 aliphatic heterocycles. The van der Waals surface area contributed by atoms with Crippen LogP contribution in [0.5, 0.6) is 0 Å². The molecule has 0 aromatic heterocycles. The number of hydrogen-bond donors (Lipinski definition) is 2. The fraction of sp³-hybridized carbons (Fsp3) is 0.941. The summed E-state index contributed by atoms with van der Waals surface area (Å²) in [5.41, 5.74) is 0.0877. The van der Waals surface area contributed by atoms with Gasteiger partial charge < -0.3 is 25.0 Å². The van der Waals surface area contributed by atoms with E-state index < -0.39 is 0 Å². The lowest BCUT2D eigenvalue weighted by atomic mass is 10.0. The van der Waals surface area contributed by atoms with Crippen LogP contribution in [0.4, 0.5) is 0 Å². The quantitative estimate of drug-likeness (QED) is 0.380. The first-order valence-electron chi connectivity index (χ1n) is 8.73. The van der Waals surface area contributed by atoms with Crippen molar-refractivity contribution in [1.29, 1.82) is 0 Å². The fourth-order valence-electron chi connectivity index (χ4n) is 2.22. The molecule has 6 heteroatoms. The lowest BCUT2D eigenvalue weighted by Crippen LogP contribution is -2.51. The summed E-state index contributed by atoms with van der Waals surface area (Å²) in [6, 6.07) is 0. The van der Waals surface area contributed by atoms with Crippen molar-refractivity contribution in [3.05, 3.63) is 0 Å². The van der Waals surface area contributed by atoms with Gasteiger partial charge in [-0.2, -0.15) is 0 Å². The lowest BCUT2D eigenvalue weighted by Gasteiger charge is -2.33. The van der Waals surface area contributed by atoms with Crippen LogP contribution in [0.25, 0.3) is 0 Å². The summed E-state index contributed by atoms with van der Waals surface area (Å²) in [6.45, 7) is 9.57. The van der Waals surface area contributed by atoms with Gasteiger partial charge in [0.2, 0.25) is 0 Å². The largest absolute Gasteiger partial charge is 0.381 e. The second-order valence-electron chi connectivity index (χ2n) is 7.04. The molecule has 0 radical (unpaired) electrons. The molecule has 1 saturated heterocycles. The van der Waals surface area contributed by atoms with E-state index in [2.05, 4.69) is 48.5 Å². The van der Waals surface area contributed by atoms with E-state index in [0.717, 1.165) is 64.7 Å². The Kier molecular flexibility index (Phi) is 9.52. The van der Waals surface area contributed by atoms with Crippen LogP contribution in [0.3, 0.4) is 0 Å². The van der Waals surface area contributed by atoms with Gasteiger partial charge in [-0.1, -0.05) is 0 Å². The fourth-order valence-corrected chi connectivity index (χ4v) is 2.22. The van der Waals surface area contributed by atoms with Crippen LogP contribution in [-0.4, -0.2) is 77.1 Å². The molecule has 6 nitrogen and oxygen atoms in total. The third-order valence-corrected chi connectivity index (χ3v) is 4.58. The number of guanidine groups is 1. The topological polar surface area (TPSA) is 58.1 Å². The minimum atomic E-state index is 0.0877. The highest BCUT2D eigenvalue weighted by Crippen LogP contribution is 2.14. The number of likely N-dealkylation sites (N-methyl/N-ethyl adjacent to an activating group) is 1. The van der Waals surface area contributed by atoms with Gasteiger partial charge in [0.25, 0.3) is 0 Å². The SMILES string of the molecule is CN=C(NCCCOCC1CCOCC1)NCC(C)(C)N(C)C. The van der Waals surface area contributed by atoms with Crippen molar-refractivity contribution in [3.63, 3.8) is 0 Å². The molecule has 0 spiro atoms. The summed E-state index contributed by atoms with van der Waals surface area (Å²) in [5.74, 6) is 1.53. The molecule has 0 saturated carbocycles. The molecule has 1 aliphatic rings. The second-order valence-corrected chi connectivity index (χ2v) is 7.04. The average molecular weight is 329 g/mol. The van der Waals surface area contributed by atoms with Crippen molar-refractivity contribution in [3.8, 4) is 0 Å². The van der Waals surface area contributed by atoms with Crippen LogP contribution >= 0.6 is 0 Å². The van der Waals surface area contributed by atoms with Gasteiger partial charge in [0.05, 0.1) is 0 Å². The van der Waals surface area contributed by atoms with Crippen molar-refractivity contribution in [2.75, 3.05) is 60.7 Å². The van der Waals surface area contributed by atoms with Gasteiger partial charge >= 0.3 is 0 Å². The zero-order chi connectivity index (χ0) is 17.1. The number of rotatable bonds is 9. The van der Waals surface area contributed by atoms with Crippen molar-refractivity contribution >= 4 is 5.96 Å². The van der Waals surface area contributed by atoms with Gasteiger partial charge in [-0.15, -0.1) is 0 Å². The van der Waals surface area contributed by atoms with Crippen LogP contribution in [0.2, 0.25) is 0 Å². The first-order chi connectivity index (χ1) is 11.0. The maximum Gasteiger partial charge on any atom is 0.191 e. The molecule has 0 unspecified atom stereocenters. The minimum Gasteiger partial charge on any atom is -0.381 e. The Morgan fingerprint density at radius 2 is 1.96 bits per heavy atom. The summed E-state index contributed by atoms with van der Waals surface area (Å²) in [7, 11) is 5.99. The van der Waals surface area contributed by atoms with Gasteiger partial charge in [-0.05, 0) is 53.1 Å². The molecule has 136 valence electrons. The Hall–Kier alpha value is -0.850. The summed E-state index contributed by atoms with van der Waals surface area (Å²) >= 11 is 0. The normalized spacial score (nSPS) is 17.6. The Morgan fingerprint density at radius 3 is 2.57 bits per heavy atom. The van der Waals surface area contributed by atoms with Crippen molar-refractivity contribution in [1.82, 2.24) is 15.5 Å². The van der Waals surface area contributed by atoms with Gasteiger partial charge in [0, 0.05) is 52.1 Å². The van der Waals surface area contributed by atoms with Crippen LogP contribution in [0, 0.1) is 5.92 Å². The first-order valence-corrected chi connectivity index (χ1v) is 8.73. The highest BCUT2D eigenvalue weighted by Gasteiger charge is 2.20. The molecule has 0 bridgehead atoms. The molecule has 0 aromatic carbocycles. The van der Waals surface area contributed by atoms with Crippen molar-refractivity contribution in [2.24, 2.45) is 10.9 Å². The summed E-state index contributed by atoms with van der Waals surface area (Å²) in [5, 5.41) is 6.72. The smallest absolute Gasteiger partial charge is 0.191 e. The molecule has 0 amide bonds. The molecular weight excluding hydrogens is 292 g/mol. The number of aliphatic imine (C=N–C) groups is 1. The highest BCUT2D eigenvalue weighted by molar-refractivity contribution is 5.79. The zero-order valence-corrected chi connectivity index (χ0v) is 15.7. The lowest BCUT2D eigenvalue weighted by molar-refractivity contribution is 0.0203. The zero-order valence-electron chi connectivity index (χ0n) is 15.7. The Balaban J connectivity index is 2.06. The number of nitrogens with zero attached hydrogens (tertiary/aromatic N) is 2. The molecular formula is C17H36N4O2. The third kappa shape index (κ3) is 8.53. The molecule has 1 fully saturated rings. The Labute approximate surface area is 142 Å². The van der Waals surface area contributed by atoms with E-state index in [0.29, 0.717) is 5.92 Å². The molecule has 1 heterocycles. The van der Waals surface area contributed by atoms with E-state index in [-0.39, 0.29) is 5.54 Å². The number of nitrogens with one attached hydrogen (secondary N) is 2.